The van der Waals surface area contributed by atoms with Gasteiger partial charge in [-0.3, -0.25) is 9.59 Å². The average Bonchev–Trinajstić information content (AvgIpc) is 2.24. The van der Waals surface area contributed by atoms with E-state index in [2.05, 4.69) is 12.2 Å². The summed E-state index contributed by atoms with van der Waals surface area (Å²) in [6, 6.07) is 0. The number of aliphatic carboxylic acids is 1. The zero-order valence-corrected chi connectivity index (χ0v) is 12.2. The number of hydrogen-bond acceptors (Lipinski definition) is 2. The maximum absolute atomic E-state index is 12.0. The molecule has 0 aromatic heterocycles. The van der Waals surface area contributed by atoms with Gasteiger partial charge >= 0.3 is 5.97 Å². The number of carboxylic acids is 1. The molecule has 0 spiro atoms. The molecule has 4 nitrogen and oxygen atoms in total. The molecule has 0 heterocycles. The molecule has 0 aliphatic carbocycles. The van der Waals surface area contributed by atoms with Crippen molar-refractivity contribution in [1.82, 2.24) is 5.32 Å². The van der Waals surface area contributed by atoms with Crippen LogP contribution in [-0.2, 0) is 9.59 Å². The van der Waals surface area contributed by atoms with Gasteiger partial charge in [0.2, 0.25) is 5.91 Å². The van der Waals surface area contributed by atoms with Gasteiger partial charge in [-0.2, -0.15) is 0 Å². The second-order valence-electron chi connectivity index (χ2n) is 5.68. The van der Waals surface area contributed by atoms with E-state index in [1.807, 2.05) is 20.8 Å². The minimum Gasteiger partial charge on any atom is -0.481 e. The van der Waals surface area contributed by atoms with Crippen LogP contribution >= 0.6 is 0 Å². The van der Waals surface area contributed by atoms with Crippen molar-refractivity contribution in [1.29, 1.82) is 0 Å². The monoisotopic (exact) mass is 257 g/mol. The van der Waals surface area contributed by atoms with Gasteiger partial charge in [-0.05, 0) is 19.3 Å². The summed E-state index contributed by atoms with van der Waals surface area (Å²) in [5.41, 5.74) is -0.677. The van der Waals surface area contributed by atoms with E-state index in [1.54, 1.807) is 6.92 Å². The number of carbonyl (C=O) groups is 2. The smallest absolute Gasteiger partial charge is 0.305 e. The summed E-state index contributed by atoms with van der Waals surface area (Å²) in [5, 5.41) is 11.9. The van der Waals surface area contributed by atoms with Crippen molar-refractivity contribution in [3.63, 3.8) is 0 Å². The molecule has 0 saturated heterocycles. The van der Waals surface area contributed by atoms with Gasteiger partial charge in [0.1, 0.15) is 0 Å². The summed E-state index contributed by atoms with van der Waals surface area (Å²) in [6.45, 7) is 9.65. The van der Waals surface area contributed by atoms with Gasteiger partial charge in [-0.25, -0.2) is 0 Å². The first kappa shape index (κ1) is 16.9. The Labute approximate surface area is 110 Å². The summed E-state index contributed by atoms with van der Waals surface area (Å²) in [7, 11) is 0. The fraction of sp³-hybridized carbons (Fsp3) is 0.857. The van der Waals surface area contributed by atoms with Crippen molar-refractivity contribution in [3.05, 3.63) is 0 Å². The number of carboxylic acid groups (broad SMARTS) is 1. The molecule has 4 heteroatoms. The fourth-order valence-corrected chi connectivity index (χ4v) is 1.75. The van der Waals surface area contributed by atoms with Crippen LogP contribution < -0.4 is 5.32 Å². The lowest BCUT2D eigenvalue weighted by Gasteiger charge is -2.34. The first-order chi connectivity index (χ1) is 8.23. The molecule has 0 bridgehead atoms. The molecule has 1 amide bonds. The topological polar surface area (TPSA) is 66.4 Å². The van der Waals surface area contributed by atoms with Gasteiger partial charge in [-0.1, -0.05) is 40.5 Å². The molecule has 2 atom stereocenters. The van der Waals surface area contributed by atoms with Crippen molar-refractivity contribution in [2.24, 2.45) is 11.8 Å². The van der Waals surface area contributed by atoms with E-state index >= 15 is 0 Å². The summed E-state index contributed by atoms with van der Waals surface area (Å²) in [6.07, 6.45) is 2.89. The molecular weight excluding hydrogens is 230 g/mol. The van der Waals surface area contributed by atoms with Gasteiger partial charge in [0.05, 0.1) is 6.42 Å². The van der Waals surface area contributed by atoms with Gasteiger partial charge < -0.3 is 10.4 Å². The number of nitrogens with one attached hydrogen (secondary N) is 1. The first-order valence-electron chi connectivity index (χ1n) is 6.76. The van der Waals surface area contributed by atoms with Crippen LogP contribution in [0.3, 0.4) is 0 Å². The second kappa shape index (κ2) is 7.39. The van der Waals surface area contributed by atoms with Crippen LogP contribution in [0.15, 0.2) is 0 Å². The highest BCUT2D eigenvalue weighted by molar-refractivity contribution is 5.80. The number of unbranched alkanes of at least 4 members (excludes halogenated alkanes) is 1. The number of hydrogen-bond donors (Lipinski definition) is 2. The first-order valence-corrected chi connectivity index (χ1v) is 6.76. The molecule has 0 aromatic rings. The van der Waals surface area contributed by atoms with Gasteiger partial charge in [0.25, 0.3) is 0 Å². The highest BCUT2D eigenvalue weighted by Gasteiger charge is 2.33. The van der Waals surface area contributed by atoms with E-state index in [1.165, 1.54) is 0 Å². The van der Waals surface area contributed by atoms with Crippen LogP contribution in [-0.4, -0.2) is 22.5 Å². The van der Waals surface area contributed by atoms with E-state index in [0.717, 1.165) is 19.3 Å². The minimum atomic E-state index is -0.882. The Balaban J connectivity index is 4.58. The van der Waals surface area contributed by atoms with E-state index in [4.69, 9.17) is 5.11 Å². The Morgan fingerprint density at radius 3 is 2.22 bits per heavy atom. The predicted octanol–water partition coefficient (Wildman–Crippen LogP) is 2.82. The van der Waals surface area contributed by atoms with Crippen LogP contribution in [0, 0.1) is 11.8 Å². The van der Waals surface area contributed by atoms with Gasteiger partial charge in [0.15, 0.2) is 0 Å². The van der Waals surface area contributed by atoms with Gasteiger partial charge in [0, 0.05) is 11.5 Å². The average molecular weight is 257 g/mol. The van der Waals surface area contributed by atoms with Crippen molar-refractivity contribution in [2.45, 2.75) is 65.8 Å². The molecule has 18 heavy (non-hydrogen) atoms. The summed E-state index contributed by atoms with van der Waals surface area (Å²) in [4.78, 5) is 22.9. The fourth-order valence-electron chi connectivity index (χ4n) is 1.75. The lowest BCUT2D eigenvalue weighted by atomic mass is 9.84. The molecule has 0 rings (SSSR count). The van der Waals surface area contributed by atoms with Crippen molar-refractivity contribution < 1.29 is 14.7 Å². The third-order valence-electron chi connectivity index (χ3n) is 3.64. The molecule has 0 aliphatic rings. The van der Waals surface area contributed by atoms with Crippen LogP contribution in [0.1, 0.15) is 60.3 Å². The van der Waals surface area contributed by atoms with Crippen LogP contribution in [0.5, 0.6) is 0 Å². The van der Waals surface area contributed by atoms with E-state index in [9.17, 15) is 9.59 Å². The molecule has 2 unspecified atom stereocenters. The normalized spacial score (nSPS) is 16.1. The summed E-state index contributed by atoms with van der Waals surface area (Å²) < 4.78 is 0. The molecule has 0 radical (unpaired) electrons. The Morgan fingerprint density at radius 2 is 1.83 bits per heavy atom. The summed E-state index contributed by atoms with van der Waals surface area (Å²) >= 11 is 0. The Morgan fingerprint density at radius 1 is 1.28 bits per heavy atom. The highest BCUT2D eigenvalue weighted by atomic mass is 16.4. The molecular formula is C14H27NO3. The van der Waals surface area contributed by atoms with Crippen LogP contribution in [0.25, 0.3) is 0 Å². The molecule has 106 valence electrons. The highest BCUT2D eigenvalue weighted by Crippen LogP contribution is 2.22. The summed E-state index contributed by atoms with van der Waals surface area (Å²) in [5.74, 6) is -0.902. The maximum atomic E-state index is 12.0. The Hall–Kier alpha value is -1.06. The van der Waals surface area contributed by atoms with E-state index < -0.39 is 11.5 Å². The quantitative estimate of drug-likeness (QED) is 0.702. The molecule has 0 aliphatic heterocycles. The number of rotatable bonds is 8. The van der Waals surface area contributed by atoms with Crippen LogP contribution in [0.4, 0.5) is 0 Å². The van der Waals surface area contributed by atoms with Crippen molar-refractivity contribution in [3.8, 4) is 0 Å². The van der Waals surface area contributed by atoms with E-state index in [0.29, 0.717) is 0 Å². The van der Waals surface area contributed by atoms with Crippen molar-refractivity contribution >= 4 is 11.9 Å². The zero-order chi connectivity index (χ0) is 14.3. The van der Waals surface area contributed by atoms with E-state index in [-0.39, 0.29) is 24.2 Å². The zero-order valence-electron chi connectivity index (χ0n) is 12.2. The molecule has 0 fully saturated rings. The van der Waals surface area contributed by atoms with Crippen LogP contribution in [0.2, 0.25) is 0 Å². The second-order valence-corrected chi connectivity index (χ2v) is 5.68. The van der Waals surface area contributed by atoms with Crippen molar-refractivity contribution in [2.75, 3.05) is 0 Å². The SMILES string of the molecule is CCCCC(C)C(=O)NC(C)(CC(=O)O)C(C)C. The standard InChI is InChI=1S/C14H27NO3/c1-6-7-8-11(4)13(18)15-14(5,10(2)3)9-12(16)17/h10-11H,6-9H2,1-5H3,(H,15,18)(H,16,17). The molecule has 0 aromatic carbocycles. The maximum Gasteiger partial charge on any atom is 0.305 e. The third kappa shape index (κ3) is 5.52. The Bertz CT molecular complexity index is 289. The lowest BCUT2D eigenvalue weighted by molar-refractivity contribution is -0.139. The largest absolute Gasteiger partial charge is 0.481 e. The molecule has 0 saturated carbocycles. The third-order valence-corrected chi connectivity index (χ3v) is 3.64. The lowest BCUT2D eigenvalue weighted by Crippen LogP contribution is -2.52. The van der Waals surface area contributed by atoms with Gasteiger partial charge in [-0.15, -0.1) is 0 Å². The predicted molar refractivity (Wildman–Crippen MR) is 72.3 cm³/mol. The number of carbonyl (C=O) groups excluding carboxylic acids is 1. The minimum absolute atomic E-state index is 0.0408. The molecule has 2 N–H and O–H groups in total. The Kier molecular flexibility index (Phi) is 6.96. The number of amides is 1.